The van der Waals surface area contributed by atoms with Crippen LogP contribution in [0.25, 0.3) is 0 Å². The van der Waals surface area contributed by atoms with E-state index in [1.807, 2.05) is 31.3 Å². The van der Waals surface area contributed by atoms with Gasteiger partial charge in [-0.25, -0.2) is 0 Å². The molecule has 0 aliphatic heterocycles. The molecule has 0 spiro atoms. The van der Waals surface area contributed by atoms with Crippen molar-refractivity contribution in [3.63, 3.8) is 0 Å². The largest absolute Gasteiger partial charge is 0.445 e. The van der Waals surface area contributed by atoms with Crippen LogP contribution in [0.4, 0.5) is 0 Å². The van der Waals surface area contributed by atoms with Crippen LogP contribution in [0.15, 0.2) is 39.4 Å². The second kappa shape index (κ2) is 5.84. The smallest absolute Gasteiger partial charge is 0.394 e. The van der Waals surface area contributed by atoms with Gasteiger partial charge in [0.05, 0.1) is 5.69 Å². The second-order valence-corrected chi connectivity index (χ2v) is 4.37. The molecule has 1 aromatic heterocycles. The summed E-state index contributed by atoms with van der Waals surface area (Å²) in [5.74, 6) is 0. The van der Waals surface area contributed by atoms with Gasteiger partial charge in [-0.1, -0.05) is 34.1 Å². The number of halogens is 1. The van der Waals surface area contributed by atoms with Gasteiger partial charge >= 0.3 is 6.08 Å². The molecule has 0 bridgehead atoms. The lowest BCUT2D eigenvalue weighted by molar-refractivity contribution is 0.219. The highest BCUT2D eigenvalue weighted by atomic mass is 79.9. The lowest BCUT2D eigenvalue weighted by Gasteiger charge is -2.03. The predicted octanol–water partition coefficient (Wildman–Crippen LogP) is 2.74. The van der Waals surface area contributed by atoms with Crippen LogP contribution in [0, 0.1) is 0 Å². The van der Waals surface area contributed by atoms with Gasteiger partial charge in [0.25, 0.3) is 0 Å². The monoisotopic (exact) mass is 296 g/mol. The van der Waals surface area contributed by atoms with Gasteiger partial charge in [-0.2, -0.15) is 4.98 Å². The molecule has 2 rings (SSSR count). The zero-order valence-corrected chi connectivity index (χ0v) is 11.0. The van der Waals surface area contributed by atoms with Crippen LogP contribution in [-0.4, -0.2) is 12.0 Å². The molecular formula is C12H13BrN2O2. The number of nitrogens with zero attached hydrogens (tertiary/aromatic N) is 1. The van der Waals surface area contributed by atoms with Gasteiger partial charge in [0, 0.05) is 16.6 Å². The number of benzene rings is 1. The van der Waals surface area contributed by atoms with E-state index < -0.39 is 0 Å². The van der Waals surface area contributed by atoms with Crippen molar-refractivity contribution in [1.82, 2.24) is 10.3 Å². The maximum atomic E-state index is 5.46. The third-order valence-corrected chi connectivity index (χ3v) is 2.97. The fourth-order valence-electron chi connectivity index (χ4n) is 1.37. The summed E-state index contributed by atoms with van der Waals surface area (Å²) >= 11 is 3.46. The van der Waals surface area contributed by atoms with E-state index in [1.165, 1.54) is 0 Å². The van der Waals surface area contributed by atoms with Crippen molar-refractivity contribution in [3.8, 4) is 6.08 Å². The molecule has 5 heteroatoms. The van der Waals surface area contributed by atoms with Crippen molar-refractivity contribution in [2.24, 2.45) is 0 Å². The van der Waals surface area contributed by atoms with E-state index in [0.717, 1.165) is 15.7 Å². The van der Waals surface area contributed by atoms with Crippen LogP contribution in [-0.2, 0) is 13.2 Å². The zero-order chi connectivity index (χ0) is 12.1. The summed E-state index contributed by atoms with van der Waals surface area (Å²) in [5.41, 5.74) is 1.88. The first-order chi connectivity index (χ1) is 8.29. The lowest BCUT2D eigenvalue weighted by Crippen LogP contribution is -2.05. The molecule has 0 aliphatic carbocycles. The Morgan fingerprint density at radius 3 is 3.00 bits per heavy atom. The molecule has 0 radical (unpaired) electrons. The van der Waals surface area contributed by atoms with E-state index in [0.29, 0.717) is 19.2 Å². The zero-order valence-electron chi connectivity index (χ0n) is 9.44. The minimum Gasteiger partial charge on any atom is -0.445 e. The summed E-state index contributed by atoms with van der Waals surface area (Å²) in [6, 6.07) is 7.89. The number of hydrogen-bond acceptors (Lipinski definition) is 4. The average molecular weight is 297 g/mol. The van der Waals surface area contributed by atoms with Gasteiger partial charge in [0.15, 0.2) is 0 Å². The van der Waals surface area contributed by atoms with Crippen LogP contribution >= 0.6 is 15.9 Å². The molecule has 2 aromatic rings. The molecule has 1 heterocycles. The highest BCUT2D eigenvalue weighted by Crippen LogP contribution is 2.18. The quantitative estimate of drug-likeness (QED) is 0.922. The molecule has 90 valence electrons. The fourth-order valence-corrected chi connectivity index (χ4v) is 1.77. The van der Waals surface area contributed by atoms with Crippen LogP contribution in [0.1, 0.15) is 11.3 Å². The fraction of sp³-hybridized carbons (Fsp3) is 0.250. The molecule has 17 heavy (non-hydrogen) atoms. The minimum atomic E-state index is 0.297. The van der Waals surface area contributed by atoms with Crippen molar-refractivity contribution >= 4 is 15.9 Å². The molecule has 4 nitrogen and oxygen atoms in total. The molecule has 0 aliphatic rings. The van der Waals surface area contributed by atoms with Crippen molar-refractivity contribution in [2.45, 2.75) is 13.2 Å². The third-order valence-electron chi connectivity index (χ3n) is 2.20. The van der Waals surface area contributed by atoms with Gasteiger partial charge in [0.1, 0.15) is 12.9 Å². The van der Waals surface area contributed by atoms with Crippen molar-refractivity contribution in [1.29, 1.82) is 0 Å². The normalized spacial score (nSPS) is 10.5. The summed E-state index contributed by atoms with van der Waals surface area (Å²) in [5, 5.41) is 2.99. The first-order valence-corrected chi connectivity index (χ1v) is 6.04. The number of oxazole rings is 1. The first kappa shape index (κ1) is 12.1. The summed E-state index contributed by atoms with van der Waals surface area (Å²) in [4.78, 5) is 4.18. The number of ether oxygens (including phenoxy) is 1. The minimum absolute atomic E-state index is 0.297. The molecule has 0 saturated carbocycles. The van der Waals surface area contributed by atoms with E-state index in [2.05, 4.69) is 26.2 Å². The topological polar surface area (TPSA) is 47.3 Å². The van der Waals surface area contributed by atoms with Gasteiger partial charge in [-0.3, -0.25) is 0 Å². The van der Waals surface area contributed by atoms with E-state index in [4.69, 9.17) is 9.15 Å². The summed E-state index contributed by atoms with van der Waals surface area (Å²) in [6.45, 7) is 1.10. The lowest BCUT2D eigenvalue weighted by atomic mass is 10.2. The van der Waals surface area contributed by atoms with Crippen LogP contribution in [0.5, 0.6) is 6.08 Å². The Bertz CT molecular complexity index is 485. The Balaban J connectivity index is 1.95. The van der Waals surface area contributed by atoms with Crippen LogP contribution in [0.3, 0.4) is 0 Å². The van der Waals surface area contributed by atoms with Crippen LogP contribution < -0.4 is 10.1 Å². The molecule has 0 saturated heterocycles. The Labute approximate surface area is 108 Å². The van der Waals surface area contributed by atoms with E-state index >= 15 is 0 Å². The Kier molecular flexibility index (Phi) is 4.17. The Morgan fingerprint density at radius 2 is 2.24 bits per heavy atom. The number of rotatable bonds is 5. The third kappa shape index (κ3) is 3.31. The highest BCUT2D eigenvalue weighted by molar-refractivity contribution is 9.10. The predicted molar refractivity (Wildman–Crippen MR) is 67.7 cm³/mol. The van der Waals surface area contributed by atoms with Crippen molar-refractivity contribution in [2.75, 3.05) is 7.05 Å². The maximum Gasteiger partial charge on any atom is 0.394 e. The van der Waals surface area contributed by atoms with Gasteiger partial charge < -0.3 is 14.5 Å². The molecule has 0 amide bonds. The van der Waals surface area contributed by atoms with Gasteiger partial charge in [-0.15, -0.1) is 0 Å². The van der Waals surface area contributed by atoms with Crippen LogP contribution in [0.2, 0.25) is 0 Å². The molecule has 0 unspecified atom stereocenters. The molecule has 1 aromatic carbocycles. The van der Waals surface area contributed by atoms with E-state index in [1.54, 1.807) is 6.26 Å². The Morgan fingerprint density at radius 1 is 1.41 bits per heavy atom. The standard InChI is InChI=1S/C12H13BrN2O2/c1-14-6-10-8-17-12(15-10)16-7-9-4-2-3-5-11(9)13/h2-5,8,14H,6-7H2,1H3. The highest BCUT2D eigenvalue weighted by Gasteiger charge is 2.05. The van der Waals surface area contributed by atoms with Crippen molar-refractivity contribution in [3.05, 3.63) is 46.3 Å². The molecule has 0 fully saturated rings. The summed E-state index contributed by atoms with van der Waals surface area (Å²) in [6.07, 6.45) is 1.89. The molecule has 1 N–H and O–H groups in total. The first-order valence-electron chi connectivity index (χ1n) is 5.25. The number of hydrogen-bond donors (Lipinski definition) is 1. The summed E-state index contributed by atoms with van der Waals surface area (Å²) in [7, 11) is 1.86. The van der Waals surface area contributed by atoms with Gasteiger partial charge in [0.2, 0.25) is 0 Å². The number of aromatic nitrogens is 1. The van der Waals surface area contributed by atoms with E-state index in [-0.39, 0.29) is 0 Å². The molecular weight excluding hydrogens is 284 g/mol. The maximum absolute atomic E-state index is 5.46. The molecule has 0 atom stereocenters. The second-order valence-electron chi connectivity index (χ2n) is 3.52. The Hall–Kier alpha value is -1.33. The average Bonchev–Trinajstić information content (AvgIpc) is 2.76. The SMILES string of the molecule is CNCc1coc(OCc2ccccc2Br)n1. The van der Waals surface area contributed by atoms with Crippen molar-refractivity contribution < 1.29 is 9.15 Å². The number of nitrogens with one attached hydrogen (secondary N) is 1. The van der Waals surface area contributed by atoms with Gasteiger partial charge in [-0.05, 0) is 13.1 Å². The summed E-state index contributed by atoms with van der Waals surface area (Å²) < 4.78 is 11.7. The van der Waals surface area contributed by atoms with E-state index in [9.17, 15) is 0 Å².